The average Bonchev–Trinajstić information content (AvgIpc) is 3.33. The van der Waals surface area contributed by atoms with Crippen LogP contribution in [-0.4, -0.2) is 57.3 Å². The highest BCUT2D eigenvalue weighted by Crippen LogP contribution is 2.28. The van der Waals surface area contributed by atoms with Crippen molar-refractivity contribution in [2.75, 3.05) is 26.3 Å². The molecule has 126 valence electrons. The Kier molecular flexibility index (Phi) is 4.25. The molecule has 7 heteroatoms. The summed E-state index contributed by atoms with van der Waals surface area (Å²) in [6, 6.07) is 5.43. The standard InChI is InChI=1S/C17H21N5O2/c23-17(14-3-1-2-7-18-14)22-8-4-12(5-9-22)15-19-16(21-20-15)13-6-10-24-11-13/h1-3,7,12-13H,4-6,8-11H2,(H,19,20,21). The average molecular weight is 327 g/mol. The van der Waals surface area contributed by atoms with E-state index in [9.17, 15) is 4.79 Å². The molecule has 24 heavy (non-hydrogen) atoms. The lowest BCUT2D eigenvalue weighted by atomic mass is 9.96. The van der Waals surface area contributed by atoms with Gasteiger partial charge in [0.15, 0.2) is 5.82 Å². The van der Waals surface area contributed by atoms with Crippen LogP contribution in [0.5, 0.6) is 0 Å². The van der Waals surface area contributed by atoms with Crippen LogP contribution in [0.2, 0.25) is 0 Å². The highest BCUT2D eigenvalue weighted by Gasteiger charge is 2.28. The molecule has 1 unspecified atom stereocenters. The van der Waals surface area contributed by atoms with Crippen LogP contribution in [0.4, 0.5) is 0 Å². The van der Waals surface area contributed by atoms with Gasteiger partial charge in [0.05, 0.1) is 6.61 Å². The molecule has 0 saturated carbocycles. The Bertz CT molecular complexity index is 688. The minimum Gasteiger partial charge on any atom is -0.381 e. The fraction of sp³-hybridized carbons (Fsp3) is 0.529. The molecule has 0 aliphatic carbocycles. The summed E-state index contributed by atoms with van der Waals surface area (Å²) in [6.45, 7) is 2.96. The quantitative estimate of drug-likeness (QED) is 0.928. The first-order chi connectivity index (χ1) is 11.8. The van der Waals surface area contributed by atoms with Crippen molar-refractivity contribution in [2.24, 2.45) is 0 Å². The first-order valence-corrected chi connectivity index (χ1v) is 8.51. The maximum atomic E-state index is 12.4. The number of aromatic amines is 1. The summed E-state index contributed by atoms with van der Waals surface area (Å²) < 4.78 is 5.40. The Balaban J connectivity index is 1.37. The molecule has 1 atom stereocenters. The van der Waals surface area contributed by atoms with Crippen molar-refractivity contribution in [3.63, 3.8) is 0 Å². The van der Waals surface area contributed by atoms with E-state index >= 15 is 0 Å². The van der Waals surface area contributed by atoms with Crippen LogP contribution in [0.15, 0.2) is 24.4 Å². The zero-order chi connectivity index (χ0) is 16.4. The molecule has 2 fully saturated rings. The number of pyridine rings is 1. The summed E-state index contributed by atoms with van der Waals surface area (Å²) >= 11 is 0. The molecule has 2 saturated heterocycles. The van der Waals surface area contributed by atoms with Crippen LogP contribution in [0, 0.1) is 0 Å². The second kappa shape index (κ2) is 6.68. The third-order valence-electron chi connectivity index (χ3n) is 4.87. The number of carbonyl (C=O) groups is 1. The van der Waals surface area contributed by atoms with Crippen LogP contribution in [0.1, 0.15) is 53.2 Å². The number of rotatable bonds is 3. The number of amides is 1. The second-order valence-corrected chi connectivity index (χ2v) is 6.42. The first-order valence-electron chi connectivity index (χ1n) is 8.51. The van der Waals surface area contributed by atoms with Gasteiger partial charge < -0.3 is 9.64 Å². The van der Waals surface area contributed by atoms with Gasteiger partial charge in [0.1, 0.15) is 11.5 Å². The molecule has 2 aromatic heterocycles. The lowest BCUT2D eigenvalue weighted by Crippen LogP contribution is -2.38. The number of piperidine rings is 1. The number of aromatic nitrogens is 4. The Hall–Kier alpha value is -2.28. The molecule has 2 aromatic rings. The lowest BCUT2D eigenvalue weighted by molar-refractivity contribution is 0.0705. The highest BCUT2D eigenvalue weighted by molar-refractivity contribution is 5.92. The molecule has 0 radical (unpaired) electrons. The number of H-pyrrole nitrogens is 1. The minimum absolute atomic E-state index is 0.00964. The summed E-state index contributed by atoms with van der Waals surface area (Å²) in [5.74, 6) is 2.48. The van der Waals surface area contributed by atoms with Gasteiger partial charge in [-0.25, -0.2) is 4.98 Å². The smallest absolute Gasteiger partial charge is 0.272 e. The summed E-state index contributed by atoms with van der Waals surface area (Å²) in [5.41, 5.74) is 0.513. The topological polar surface area (TPSA) is 84.0 Å². The van der Waals surface area contributed by atoms with E-state index in [4.69, 9.17) is 4.74 Å². The zero-order valence-electron chi connectivity index (χ0n) is 13.5. The summed E-state index contributed by atoms with van der Waals surface area (Å²) in [7, 11) is 0. The van der Waals surface area contributed by atoms with Gasteiger partial charge in [-0.3, -0.25) is 14.9 Å². The Labute approximate surface area is 140 Å². The van der Waals surface area contributed by atoms with Gasteiger partial charge in [-0.15, -0.1) is 0 Å². The first kappa shape index (κ1) is 15.3. The van der Waals surface area contributed by atoms with Crippen molar-refractivity contribution >= 4 is 5.91 Å². The third kappa shape index (κ3) is 3.03. The lowest BCUT2D eigenvalue weighted by Gasteiger charge is -2.30. The van der Waals surface area contributed by atoms with E-state index in [-0.39, 0.29) is 5.91 Å². The number of likely N-dealkylation sites (tertiary alicyclic amines) is 1. The Morgan fingerprint density at radius 2 is 2.08 bits per heavy atom. The second-order valence-electron chi connectivity index (χ2n) is 6.42. The zero-order valence-corrected chi connectivity index (χ0v) is 13.5. The minimum atomic E-state index is 0.00964. The number of ether oxygens (including phenoxy) is 1. The molecule has 0 bridgehead atoms. The van der Waals surface area contributed by atoms with Crippen molar-refractivity contribution in [3.8, 4) is 0 Å². The van der Waals surface area contributed by atoms with Gasteiger partial charge in [-0.05, 0) is 31.4 Å². The summed E-state index contributed by atoms with van der Waals surface area (Å²) in [5, 5.41) is 7.46. The maximum Gasteiger partial charge on any atom is 0.272 e. The van der Waals surface area contributed by atoms with E-state index in [0.29, 0.717) is 24.1 Å². The molecular formula is C17H21N5O2. The van der Waals surface area contributed by atoms with Crippen LogP contribution >= 0.6 is 0 Å². The van der Waals surface area contributed by atoms with Gasteiger partial charge in [-0.1, -0.05) is 6.07 Å². The summed E-state index contributed by atoms with van der Waals surface area (Å²) in [6.07, 6.45) is 4.44. The number of nitrogens with one attached hydrogen (secondary N) is 1. The van der Waals surface area contributed by atoms with Gasteiger partial charge in [-0.2, -0.15) is 5.10 Å². The molecule has 4 heterocycles. The number of carbonyl (C=O) groups excluding carboxylic acids is 1. The van der Waals surface area contributed by atoms with E-state index in [1.807, 2.05) is 17.0 Å². The number of hydrogen-bond donors (Lipinski definition) is 1. The van der Waals surface area contributed by atoms with Gasteiger partial charge >= 0.3 is 0 Å². The third-order valence-corrected chi connectivity index (χ3v) is 4.87. The largest absolute Gasteiger partial charge is 0.381 e. The number of hydrogen-bond acceptors (Lipinski definition) is 5. The Morgan fingerprint density at radius 3 is 2.79 bits per heavy atom. The van der Waals surface area contributed by atoms with Crippen LogP contribution in [-0.2, 0) is 4.74 Å². The predicted octanol–water partition coefficient (Wildman–Crippen LogP) is 1.72. The highest BCUT2D eigenvalue weighted by atomic mass is 16.5. The van der Waals surface area contributed by atoms with Crippen molar-refractivity contribution in [2.45, 2.75) is 31.1 Å². The Morgan fingerprint density at radius 1 is 1.21 bits per heavy atom. The molecule has 2 aliphatic heterocycles. The SMILES string of the molecule is O=C(c1ccccn1)N1CCC(c2nc(C3CCOC3)n[nH]2)CC1. The monoisotopic (exact) mass is 327 g/mol. The molecular weight excluding hydrogens is 306 g/mol. The van der Waals surface area contributed by atoms with Crippen LogP contribution < -0.4 is 0 Å². The molecule has 2 aliphatic rings. The van der Waals surface area contributed by atoms with E-state index < -0.39 is 0 Å². The molecule has 0 spiro atoms. The van der Waals surface area contributed by atoms with Gasteiger partial charge in [0.2, 0.25) is 0 Å². The van der Waals surface area contributed by atoms with E-state index in [1.165, 1.54) is 0 Å². The molecule has 0 aromatic carbocycles. The molecule has 1 amide bonds. The number of nitrogens with zero attached hydrogens (tertiary/aromatic N) is 4. The molecule has 7 nitrogen and oxygen atoms in total. The van der Waals surface area contributed by atoms with Gasteiger partial charge in [0.25, 0.3) is 5.91 Å². The molecule has 4 rings (SSSR count). The van der Waals surface area contributed by atoms with Gasteiger partial charge in [0, 0.05) is 37.7 Å². The van der Waals surface area contributed by atoms with Crippen LogP contribution in [0.3, 0.4) is 0 Å². The molecule has 1 N–H and O–H groups in total. The predicted molar refractivity (Wildman–Crippen MR) is 86.7 cm³/mol. The van der Waals surface area contributed by atoms with Crippen molar-refractivity contribution in [3.05, 3.63) is 41.7 Å². The van der Waals surface area contributed by atoms with E-state index in [1.54, 1.807) is 12.3 Å². The van der Waals surface area contributed by atoms with Crippen molar-refractivity contribution in [1.82, 2.24) is 25.1 Å². The fourth-order valence-electron chi connectivity index (χ4n) is 3.40. The maximum absolute atomic E-state index is 12.4. The van der Waals surface area contributed by atoms with E-state index in [2.05, 4.69) is 20.2 Å². The fourth-order valence-corrected chi connectivity index (χ4v) is 3.40. The van der Waals surface area contributed by atoms with Crippen molar-refractivity contribution in [1.29, 1.82) is 0 Å². The normalized spacial score (nSPS) is 22.0. The van der Waals surface area contributed by atoms with Crippen LogP contribution in [0.25, 0.3) is 0 Å². The summed E-state index contributed by atoms with van der Waals surface area (Å²) in [4.78, 5) is 23.1. The van der Waals surface area contributed by atoms with E-state index in [0.717, 1.165) is 50.6 Å². The van der Waals surface area contributed by atoms with Crippen molar-refractivity contribution < 1.29 is 9.53 Å².